The Kier molecular flexibility index (Phi) is 3.66. The van der Waals surface area contributed by atoms with E-state index in [1.54, 1.807) is 0 Å². The van der Waals surface area contributed by atoms with Crippen molar-refractivity contribution in [1.82, 2.24) is 0 Å². The predicted octanol–water partition coefficient (Wildman–Crippen LogP) is 5.01. The number of aliphatic hydroxyl groups is 1. The van der Waals surface area contributed by atoms with Gasteiger partial charge in [-0.05, 0) is 59.1 Å². The first-order chi connectivity index (χ1) is 9.50. The summed E-state index contributed by atoms with van der Waals surface area (Å²) < 4.78 is 0. The maximum Gasteiger partial charge on any atom is 0.0826 e. The van der Waals surface area contributed by atoms with Crippen molar-refractivity contribution in [2.45, 2.75) is 64.9 Å². The topological polar surface area (TPSA) is 20.2 Å². The molecule has 1 aromatic rings. The summed E-state index contributed by atoms with van der Waals surface area (Å²) in [6.07, 6.45) is 3.83. The van der Waals surface area contributed by atoms with Gasteiger partial charge in [0, 0.05) is 0 Å². The lowest BCUT2D eigenvalue weighted by Crippen LogP contribution is -2.09. The number of aliphatic hydroxyl groups excluding tert-OH is 1. The van der Waals surface area contributed by atoms with Crippen LogP contribution in [0.25, 0.3) is 0 Å². The molecule has 1 N–H and O–H groups in total. The fraction of sp³-hybridized carbons (Fsp3) is 0.684. The summed E-state index contributed by atoms with van der Waals surface area (Å²) in [7, 11) is 0. The van der Waals surface area contributed by atoms with Gasteiger partial charge in [0.25, 0.3) is 0 Å². The van der Waals surface area contributed by atoms with Gasteiger partial charge < -0.3 is 5.11 Å². The van der Waals surface area contributed by atoms with Crippen molar-refractivity contribution in [1.29, 1.82) is 0 Å². The van der Waals surface area contributed by atoms with E-state index in [2.05, 4.69) is 45.9 Å². The van der Waals surface area contributed by atoms with Crippen molar-refractivity contribution in [2.24, 2.45) is 17.8 Å². The Morgan fingerprint density at radius 3 is 2.15 bits per heavy atom. The molecule has 0 radical (unpaired) electrons. The first kappa shape index (κ1) is 14.1. The zero-order valence-corrected chi connectivity index (χ0v) is 13.3. The van der Waals surface area contributed by atoms with E-state index in [9.17, 15) is 5.11 Å². The van der Waals surface area contributed by atoms with Gasteiger partial charge in [0.2, 0.25) is 0 Å². The van der Waals surface area contributed by atoms with Crippen molar-refractivity contribution >= 4 is 0 Å². The minimum absolute atomic E-state index is 0.232. The largest absolute Gasteiger partial charge is 0.388 e. The Morgan fingerprint density at radius 2 is 1.60 bits per heavy atom. The summed E-state index contributed by atoms with van der Waals surface area (Å²) in [5.74, 6) is 3.21. The molecular formula is C19H28O. The Labute approximate surface area is 123 Å². The lowest BCUT2D eigenvalue weighted by molar-refractivity contribution is 0.136. The van der Waals surface area contributed by atoms with Crippen LogP contribution in [0.1, 0.15) is 81.6 Å². The maximum atomic E-state index is 10.8. The lowest BCUT2D eigenvalue weighted by Gasteiger charge is -2.21. The molecule has 3 rings (SSSR count). The van der Waals surface area contributed by atoms with Gasteiger partial charge in [0.15, 0.2) is 0 Å². The Bertz CT molecular complexity index is 479. The first-order valence-corrected chi connectivity index (χ1v) is 8.32. The van der Waals surface area contributed by atoms with Gasteiger partial charge in [-0.15, -0.1) is 0 Å². The molecule has 20 heavy (non-hydrogen) atoms. The standard InChI is InChI=1S/C19H28O/c1-11(2)13-8-9-16(17(10-13)12(3)4)19(20)18-14-6-5-7-15(14)18/h8-12,14-15,18-20H,5-7H2,1-4H3. The highest BCUT2D eigenvalue weighted by Crippen LogP contribution is 2.62. The molecule has 0 spiro atoms. The second-order valence-corrected chi connectivity index (χ2v) is 7.48. The summed E-state index contributed by atoms with van der Waals surface area (Å²) in [4.78, 5) is 0. The average Bonchev–Trinajstić information content (AvgIpc) is 2.89. The highest BCUT2D eigenvalue weighted by molar-refractivity contribution is 5.38. The smallest absolute Gasteiger partial charge is 0.0826 e. The molecule has 110 valence electrons. The van der Waals surface area contributed by atoms with Crippen LogP contribution in [0.5, 0.6) is 0 Å². The zero-order valence-electron chi connectivity index (χ0n) is 13.3. The Balaban J connectivity index is 1.88. The Morgan fingerprint density at radius 1 is 0.950 bits per heavy atom. The van der Waals surface area contributed by atoms with Crippen molar-refractivity contribution in [3.05, 3.63) is 34.9 Å². The summed E-state index contributed by atoms with van der Waals surface area (Å²) in [5.41, 5.74) is 3.94. The second-order valence-electron chi connectivity index (χ2n) is 7.48. The van der Waals surface area contributed by atoms with E-state index < -0.39 is 0 Å². The molecule has 2 saturated carbocycles. The predicted molar refractivity (Wildman–Crippen MR) is 83.9 cm³/mol. The summed E-state index contributed by atoms with van der Waals surface area (Å²) in [6, 6.07) is 6.74. The highest BCUT2D eigenvalue weighted by atomic mass is 16.3. The van der Waals surface area contributed by atoms with Crippen LogP contribution in [0.3, 0.4) is 0 Å². The van der Waals surface area contributed by atoms with E-state index in [1.807, 2.05) is 0 Å². The van der Waals surface area contributed by atoms with Crippen LogP contribution in [-0.2, 0) is 0 Å². The van der Waals surface area contributed by atoms with Crippen molar-refractivity contribution in [2.75, 3.05) is 0 Å². The average molecular weight is 272 g/mol. The molecule has 2 aliphatic carbocycles. The minimum Gasteiger partial charge on any atom is -0.388 e. The molecule has 2 fully saturated rings. The molecule has 0 aromatic heterocycles. The Hall–Kier alpha value is -0.820. The van der Waals surface area contributed by atoms with Gasteiger partial charge in [-0.1, -0.05) is 52.3 Å². The molecule has 1 nitrogen and oxygen atoms in total. The molecule has 0 saturated heterocycles. The van der Waals surface area contributed by atoms with E-state index >= 15 is 0 Å². The number of benzene rings is 1. The molecule has 1 heteroatoms. The molecule has 0 heterocycles. The third kappa shape index (κ3) is 2.30. The zero-order chi connectivity index (χ0) is 14.4. The lowest BCUT2D eigenvalue weighted by atomic mass is 9.87. The van der Waals surface area contributed by atoms with E-state index in [-0.39, 0.29) is 6.10 Å². The normalized spacial score (nSPS) is 29.9. The van der Waals surface area contributed by atoms with Gasteiger partial charge >= 0.3 is 0 Å². The molecule has 1 aromatic carbocycles. The van der Waals surface area contributed by atoms with Gasteiger partial charge in [-0.3, -0.25) is 0 Å². The fourth-order valence-electron chi connectivity index (χ4n) is 4.27. The maximum absolute atomic E-state index is 10.8. The van der Waals surface area contributed by atoms with E-state index in [4.69, 9.17) is 0 Å². The van der Waals surface area contributed by atoms with Gasteiger partial charge in [0.1, 0.15) is 0 Å². The fourth-order valence-corrected chi connectivity index (χ4v) is 4.27. The van der Waals surface area contributed by atoms with Crippen LogP contribution >= 0.6 is 0 Å². The van der Waals surface area contributed by atoms with Gasteiger partial charge in [-0.2, -0.15) is 0 Å². The minimum atomic E-state index is -0.232. The SMILES string of the molecule is CC(C)c1ccc(C(O)C2C3CCCC32)c(C(C)C)c1. The monoisotopic (exact) mass is 272 g/mol. The molecule has 0 amide bonds. The number of rotatable bonds is 4. The number of hydrogen-bond donors (Lipinski definition) is 1. The number of fused-ring (bicyclic) bond motifs is 1. The van der Waals surface area contributed by atoms with Crippen LogP contribution < -0.4 is 0 Å². The second kappa shape index (κ2) is 5.18. The third-order valence-electron chi connectivity index (χ3n) is 5.56. The van der Waals surface area contributed by atoms with Crippen LogP contribution in [0, 0.1) is 17.8 Å². The highest BCUT2D eigenvalue weighted by Gasteiger charge is 2.56. The molecular weight excluding hydrogens is 244 g/mol. The molecule has 0 aliphatic heterocycles. The third-order valence-corrected chi connectivity index (χ3v) is 5.56. The van der Waals surface area contributed by atoms with Crippen molar-refractivity contribution in [3.63, 3.8) is 0 Å². The molecule has 3 atom stereocenters. The van der Waals surface area contributed by atoms with Crippen LogP contribution in [0.2, 0.25) is 0 Å². The quantitative estimate of drug-likeness (QED) is 0.816. The van der Waals surface area contributed by atoms with Gasteiger partial charge in [-0.25, -0.2) is 0 Å². The molecule has 0 bridgehead atoms. The van der Waals surface area contributed by atoms with E-state index in [0.29, 0.717) is 17.8 Å². The van der Waals surface area contributed by atoms with E-state index in [0.717, 1.165) is 11.8 Å². The van der Waals surface area contributed by atoms with Crippen molar-refractivity contribution < 1.29 is 5.11 Å². The van der Waals surface area contributed by atoms with E-state index in [1.165, 1.54) is 36.0 Å². The molecule has 2 aliphatic rings. The molecule has 3 unspecified atom stereocenters. The van der Waals surface area contributed by atoms with Crippen LogP contribution in [0.4, 0.5) is 0 Å². The summed E-state index contributed by atoms with van der Waals surface area (Å²) in [5, 5.41) is 10.8. The summed E-state index contributed by atoms with van der Waals surface area (Å²) >= 11 is 0. The number of hydrogen-bond acceptors (Lipinski definition) is 1. The van der Waals surface area contributed by atoms with Crippen LogP contribution in [-0.4, -0.2) is 5.11 Å². The van der Waals surface area contributed by atoms with Gasteiger partial charge in [0.05, 0.1) is 6.10 Å². The first-order valence-electron chi connectivity index (χ1n) is 8.32. The van der Waals surface area contributed by atoms with Crippen molar-refractivity contribution in [3.8, 4) is 0 Å². The summed E-state index contributed by atoms with van der Waals surface area (Å²) in [6.45, 7) is 8.95. The van der Waals surface area contributed by atoms with Crippen LogP contribution in [0.15, 0.2) is 18.2 Å².